The molecule has 2 rings (SSSR count). The van der Waals surface area contributed by atoms with Gasteiger partial charge in [0.25, 0.3) is 0 Å². The Bertz CT molecular complexity index is 290. The van der Waals surface area contributed by atoms with Gasteiger partial charge in [-0.2, -0.15) is 5.10 Å². The molecule has 0 atom stereocenters. The van der Waals surface area contributed by atoms with Gasteiger partial charge < -0.3 is 0 Å². The van der Waals surface area contributed by atoms with Crippen LogP contribution in [0.1, 0.15) is 0 Å². The monoisotopic (exact) mass is 172 g/mol. The summed E-state index contributed by atoms with van der Waals surface area (Å²) in [6.07, 6.45) is 1.71. The maximum atomic E-state index is 3.90. The minimum atomic E-state index is 0. The van der Waals surface area contributed by atoms with Crippen LogP contribution in [0.15, 0.2) is 23.7 Å². The molecular weight excluding hydrogens is 168 g/mol. The van der Waals surface area contributed by atoms with E-state index in [2.05, 4.69) is 10.2 Å². The van der Waals surface area contributed by atoms with Gasteiger partial charge in [-0.3, -0.25) is 0 Å². The fourth-order valence-electron chi connectivity index (χ4n) is 0.718. The summed E-state index contributed by atoms with van der Waals surface area (Å²) in [6.45, 7) is 0. The number of halogens is 1. The maximum Gasteiger partial charge on any atom is 0.104 e. The molecule has 0 bridgehead atoms. The van der Waals surface area contributed by atoms with Crippen LogP contribution in [0.2, 0.25) is 0 Å². The highest BCUT2D eigenvalue weighted by atomic mass is 35.5. The van der Waals surface area contributed by atoms with Gasteiger partial charge in [0.1, 0.15) is 5.52 Å². The zero-order valence-corrected chi connectivity index (χ0v) is 6.65. The highest BCUT2D eigenvalue weighted by molar-refractivity contribution is 7.17. The molecule has 2 aromatic rings. The molecule has 0 saturated carbocycles. The minimum Gasteiger partial charge on any atom is -0.158 e. The first-order chi connectivity index (χ1) is 4.47. The first-order valence-corrected chi connectivity index (χ1v) is 3.50. The van der Waals surface area contributed by atoms with Crippen LogP contribution in [-0.4, -0.2) is 10.2 Å². The molecule has 0 saturated heterocycles. The summed E-state index contributed by atoms with van der Waals surface area (Å²) in [4.78, 5) is 0. The Morgan fingerprint density at radius 3 is 3.00 bits per heavy atom. The lowest BCUT2D eigenvalue weighted by Crippen LogP contribution is -1.74. The summed E-state index contributed by atoms with van der Waals surface area (Å²) < 4.78 is 1.20. The van der Waals surface area contributed by atoms with Gasteiger partial charge in [-0.25, -0.2) is 0 Å². The first kappa shape index (κ1) is 7.44. The number of aromatic nitrogens is 2. The number of nitrogens with zero attached hydrogens (tertiary/aromatic N) is 2. The van der Waals surface area contributed by atoms with Gasteiger partial charge in [-0.1, -0.05) is 0 Å². The van der Waals surface area contributed by atoms with Gasteiger partial charge in [0.15, 0.2) is 0 Å². The van der Waals surface area contributed by atoms with Gasteiger partial charge in [0.05, 0.1) is 10.9 Å². The van der Waals surface area contributed by atoms with Crippen LogP contribution >= 0.6 is 23.7 Å². The standard InChI is InChI=1S/C6H4N2S.ClH/c1-3-7-8-5-2-4-9-6(1)5;/h1-4H;1H. The molecule has 0 aromatic carbocycles. The average Bonchev–Trinajstić information content (AvgIpc) is 2.33. The Hall–Kier alpha value is -0.670. The Balaban J connectivity index is 0.000000500. The summed E-state index contributed by atoms with van der Waals surface area (Å²) in [6, 6.07) is 3.93. The normalized spacial score (nSPS) is 9.20. The molecule has 0 aliphatic heterocycles. The number of rotatable bonds is 0. The fraction of sp³-hybridized carbons (Fsp3) is 0. The van der Waals surface area contributed by atoms with E-state index in [9.17, 15) is 0 Å². The Labute approximate surface area is 68.3 Å². The summed E-state index contributed by atoms with van der Waals surface area (Å²) in [7, 11) is 0. The SMILES string of the molecule is Cl.c1cc2sccc2nn1. The molecule has 2 nitrogen and oxygen atoms in total. The number of hydrogen-bond donors (Lipinski definition) is 0. The molecule has 2 aromatic heterocycles. The average molecular weight is 173 g/mol. The quantitative estimate of drug-likeness (QED) is 0.609. The van der Waals surface area contributed by atoms with Crippen molar-refractivity contribution in [2.75, 3.05) is 0 Å². The van der Waals surface area contributed by atoms with Crippen molar-refractivity contribution in [3.05, 3.63) is 23.7 Å². The van der Waals surface area contributed by atoms with Crippen LogP contribution in [0.5, 0.6) is 0 Å². The molecule has 0 spiro atoms. The van der Waals surface area contributed by atoms with E-state index in [1.165, 1.54) is 4.70 Å². The van der Waals surface area contributed by atoms with Crippen LogP contribution in [0.4, 0.5) is 0 Å². The molecule has 0 radical (unpaired) electrons. The predicted molar refractivity (Wildman–Crippen MR) is 44.7 cm³/mol. The van der Waals surface area contributed by atoms with Gasteiger partial charge in [-0.05, 0) is 17.5 Å². The molecule has 10 heavy (non-hydrogen) atoms. The van der Waals surface area contributed by atoms with E-state index in [1.54, 1.807) is 17.5 Å². The van der Waals surface area contributed by atoms with Crippen LogP contribution in [-0.2, 0) is 0 Å². The van der Waals surface area contributed by atoms with Crippen molar-refractivity contribution in [1.82, 2.24) is 10.2 Å². The summed E-state index contributed by atoms with van der Waals surface area (Å²) in [5.74, 6) is 0. The third kappa shape index (κ3) is 1.10. The summed E-state index contributed by atoms with van der Waals surface area (Å²) in [5.41, 5.74) is 0.988. The van der Waals surface area contributed by atoms with Crippen molar-refractivity contribution >= 4 is 34.0 Å². The third-order valence-corrected chi connectivity index (χ3v) is 2.00. The van der Waals surface area contributed by atoms with Crippen molar-refractivity contribution in [1.29, 1.82) is 0 Å². The van der Waals surface area contributed by atoms with E-state index < -0.39 is 0 Å². The Morgan fingerprint density at radius 2 is 2.20 bits per heavy atom. The summed E-state index contributed by atoms with van der Waals surface area (Å²) >= 11 is 1.68. The highest BCUT2D eigenvalue weighted by Crippen LogP contribution is 2.15. The molecule has 52 valence electrons. The molecule has 0 fully saturated rings. The fourth-order valence-corrected chi connectivity index (χ4v) is 1.43. The van der Waals surface area contributed by atoms with Crippen LogP contribution in [0, 0.1) is 0 Å². The molecule has 2 heterocycles. The largest absolute Gasteiger partial charge is 0.158 e. The molecule has 0 aliphatic carbocycles. The van der Waals surface area contributed by atoms with E-state index >= 15 is 0 Å². The maximum absolute atomic E-state index is 3.90. The Kier molecular flexibility index (Phi) is 2.19. The number of thiophene rings is 1. The van der Waals surface area contributed by atoms with E-state index in [-0.39, 0.29) is 12.4 Å². The second-order valence-corrected chi connectivity index (χ2v) is 2.65. The lowest BCUT2D eigenvalue weighted by Gasteiger charge is -1.80. The van der Waals surface area contributed by atoms with E-state index in [1.807, 2.05) is 17.5 Å². The molecule has 0 aliphatic rings. The zero-order valence-electron chi connectivity index (χ0n) is 5.02. The van der Waals surface area contributed by atoms with Gasteiger partial charge >= 0.3 is 0 Å². The third-order valence-electron chi connectivity index (χ3n) is 1.13. The van der Waals surface area contributed by atoms with Crippen molar-refractivity contribution in [2.24, 2.45) is 0 Å². The van der Waals surface area contributed by atoms with E-state index in [0.29, 0.717) is 0 Å². The number of fused-ring (bicyclic) bond motifs is 1. The smallest absolute Gasteiger partial charge is 0.104 e. The zero-order chi connectivity index (χ0) is 6.10. The number of hydrogen-bond acceptors (Lipinski definition) is 3. The molecular formula is C6H5ClN2S. The topological polar surface area (TPSA) is 25.8 Å². The van der Waals surface area contributed by atoms with Crippen LogP contribution < -0.4 is 0 Å². The predicted octanol–water partition coefficient (Wildman–Crippen LogP) is 2.11. The van der Waals surface area contributed by atoms with Gasteiger partial charge in [0, 0.05) is 0 Å². The Morgan fingerprint density at radius 1 is 1.30 bits per heavy atom. The second-order valence-electron chi connectivity index (χ2n) is 1.70. The van der Waals surface area contributed by atoms with Crippen LogP contribution in [0.25, 0.3) is 10.2 Å². The van der Waals surface area contributed by atoms with Gasteiger partial charge in [-0.15, -0.1) is 28.8 Å². The van der Waals surface area contributed by atoms with Crippen molar-refractivity contribution in [3.63, 3.8) is 0 Å². The second kappa shape index (κ2) is 2.94. The minimum absolute atomic E-state index is 0. The first-order valence-electron chi connectivity index (χ1n) is 2.62. The molecule has 4 heteroatoms. The molecule has 0 unspecified atom stereocenters. The van der Waals surface area contributed by atoms with E-state index in [4.69, 9.17) is 0 Å². The molecule has 0 N–H and O–H groups in total. The van der Waals surface area contributed by atoms with Crippen molar-refractivity contribution < 1.29 is 0 Å². The lowest BCUT2D eigenvalue weighted by atomic mass is 10.5. The van der Waals surface area contributed by atoms with Crippen molar-refractivity contribution in [3.8, 4) is 0 Å². The highest BCUT2D eigenvalue weighted by Gasteiger charge is 1.90. The van der Waals surface area contributed by atoms with Crippen molar-refractivity contribution in [2.45, 2.75) is 0 Å². The lowest BCUT2D eigenvalue weighted by molar-refractivity contribution is 1.08. The molecule has 0 amide bonds. The van der Waals surface area contributed by atoms with Gasteiger partial charge in [0.2, 0.25) is 0 Å². The summed E-state index contributed by atoms with van der Waals surface area (Å²) in [5, 5.41) is 9.66. The van der Waals surface area contributed by atoms with E-state index in [0.717, 1.165) is 5.52 Å². The van der Waals surface area contributed by atoms with Crippen LogP contribution in [0.3, 0.4) is 0 Å².